The largest absolute Gasteiger partial charge is 0.465 e. The van der Waals surface area contributed by atoms with Crippen LogP contribution in [-0.2, 0) is 24.9 Å². The zero-order chi connectivity index (χ0) is 25.1. The van der Waals surface area contributed by atoms with Crippen LogP contribution in [-0.4, -0.2) is 33.1 Å². The number of nitrogens with zero attached hydrogens (tertiary/aromatic N) is 2. The van der Waals surface area contributed by atoms with E-state index in [0.29, 0.717) is 22.2 Å². The molecule has 0 aliphatic rings. The van der Waals surface area contributed by atoms with Crippen LogP contribution in [0.1, 0.15) is 31.8 Å². The van der Waals surface area contributed by atoms with E-state index < -0.39 is 23.1 Å². The SMILES string of the molecule is COC(=O)c1ccc(Cn2c(=O)c3cc(C(=O)NCc4cc[nH]c(=O)c4)ccc3n(C)c2=O)cc1. The average molecular weight is 474 g/mol. The number of aromatic amines is 1. The van der Waals surface area contributed by atoms with Crippen LogP contribution in [0.4, 0.5) is 0 Å². The summed E-state index contributed by atoms with van der Waals surface area (Å²) in [7, 11) is 2.83. The van der Waals surface area contributed by atoms with Crippen LogP contribution < -0.4 is 22.1 Å². The molecule has 178 valence electrons. The molecule has 0 saturated heterocycles. The second-order valence-corrected chi connectivity index (χ2v) is 7.90. The molecule has 2 aromatic heterocycles. The fourth-order valence-corrected chi connectivity index (χ4v) is 3.73. The molecule has 0 aliphatic heterocycles. The fourth-order valence-electron chi connectivity index (χ4n) is 3.73. The summed E-state index contributed by atoms with van der Waals surface area (Å²) in [4.78, 5) is 64.3. The first-order valence-corrected chi connectivity index (χ1v) is 10.6. The number of hydrogen-bond acceptors (Lipinski definition) is 6. The monoisotopic (exact) mass is 474 g/mol. The van der Waals surface area contributed by atoms with Crippen molar-refractivity contribution in [1.29, 1.82) is 0 Å². The number of aromatic nitrogens is 3. The lowest BCUT2D eigenvalue weighted by atomic mass is 10.1. The molecule has 0 radical (unpaired) electrons. The van der Waals surface area contributed by atoms with Crippen LogP contribution in [0.5, 0.6) is 0 Å². The molecule has 4 rings (SSSR count). The summed E-state index contributed by atoms with van der Waals surface area (Å²) in [5, 5.41) is 2.93. The Balaban J connectivity index is 1.65. The van der Waals surface area contributed by atoms with Crippen LogP contribution in [0.2, 0.25) is 0 Å². The predicted octanol–water partition coefficient (Wildman–Crippen LogP) is 1.15. The highest BCUT2D eigenvalue weighted by molar-refractivity contribution is 5.97. The number of carbonyl (C=O) groups is 2. The second-order valence-electron chi connectivity index (χ2n) is 7.90. The van der Waals surface area contributed by atoms with E-state index in [9.17, 15) is 24.0 Å². The van der Waals surface area contributed by atoms with E-state index in [4.69, 9.17) is 0 Å². The molecule has 0 spiro atoms. The summed E-state index contributed by atoms with van der Waals surface area (Å²) < 4.78 is 7.10. The number of benzene rings is 2. The number of nitrogens with one attached hydrogen (secondary N) is 2. The van der Waals surface area contributed by atoms with Gasteiger partial charge in [0, 0.05) is 31.4 Å². The third kappa shape index (κ3) is 4.81. The molecule has 0 bridgehead atoms. The lowest BCUT2D eigenvalue weighted by Crippen LogP contribution is -2.39. The molecule has 35 heavy (non-hydrogen) atoms. The Hall–Kier alpha value is -4.73. The van der Waals surface area contributed by atoms with Crippen LogP contribution in [0, 0.1) is 0 Å². The molecule has 2 N–H and O–H groups in total. The lowest BCUT2D eigenvalue weighted by molar-refractivity contribution is 0.0600. The lowest BCUT2D eigenvalue weighted by Gasteiger charge is -2.12. The quantitative estimate of drug-likeness (QED) is 0.403. The van der Waals surface area contributed by atoms with Gasteiger partial charge in [-0.25, -0.2) is 9.59 Å². The molecule has 2 aromatic carbocycles. The number of esters is 1. The summed E-state index contributed by atoms with van der Waals surface area (Å²) in [6.07, 6.45) is 1.49. The molecule has 1 amide bonds. The van der Waals surface area contributed by atoms with Gasteiger partial charge in [-0.15, -0.1) is 0 Å². The van der Waals surface area contributed by atoms with Gasteiger partial charge in [-0.05, 0) is 47.5 Å². The summed E-state index contributed by atoms with van der Waals surface area (Å²) in [5.74, 6) is -0.911. The molecule has 0 saturated carbocycles. The Morgan fingerprint density at radius 1 is 0.943 bits per heavy atom. The van der Waals surface area contributed by atoms with Crippen LogP contribution in [0.25, 0.3) is 10.9 Å². The number of fused-ring (bicyclic) bond motifs is 1. The van der Waals surface area contributed by atoms with Crippen molar-refractivity contribution in [3.8, 4) is 0 Å². The van der Waals surface area contributed by atoms with Crippen molar-refractivity contribution in [2.24, 2.45) is 7.05 Å². The summed E-state index contributed by atoms with van der Waals surface area (Å²) >= 11 is 0. The van der Waals surface area contributed by atoms with Gasteiger partial charge in [0.15, 0.2) is 0 Å². The topological polar surface area (TPSA) is 132 Å². The van der Waals surface area contributed by atoms with Crippen LogP contribution in [0.15, 0.2) is 75.2 Å². The minimum atomic E-state index is -0.538. The molecular formula is C25H22N4O6. The highest BCUT2D eigenvalue weighted by Gasteiger charge is 2.15. The number of H-pyrrole nitrogens is 1. The molecule has 0 fully saturated rings. The van der Waals surface area contributed by atoms with E-state index in [1.165, 1.54) is 36.1 Å². The van der Waals surface area contributed by atoms with E-state index in [0.717, 1.165) is 4.57 Å². The first-order valence-electron chi connectivity index (χ1n) is 10.6. The third-order valence-electron chi connectivity index (χ3n) is 5.62. The molecule has 0 aliphatic carbocycles. The number of carbonyl (C=O) groups excluding carboxylic acids is 2. The molecule has 0 atom stereocenters. The summed E-state index contributed by atoms with van der Waals surface area (Å²) in [6.45, 7) is 0.127. The van der Waals surface area contributed by atoms with Crippen LogP contribution in [0.3, 0.4) is 0 Å². The first kappa shape index (κ1) is 23.4. The van der Waals surface area contributed by atoms with Crippen molar-refractivity contribution >= 4 is 22.8 Å². The number of rotatable bonds is 6. The Kier molecular flexibility index (Phi) is 6.45. The molecular weight excluding hydrogens is 452 g/mol. The van der Waals surface area contributed by atoms with E-state index in [1.54, 1.807) is 43.4 Å². The van der Waals surface area contributed by atoms with E-state index in [-0.39, 0.29) is 29.6 Å². The maximum atomic E-state index is 13.2. The number of pyridine rings is 1. The molecule has 2 heterocycles. The fraction of sp³-hybridized carbons (Fsp3) is 0.160. The zero-order valence-corrected chi connectivity index (χ0v) is 19.0. The first-order chi connectivity index (χ1) is 16.8. The Labute approximate surface area is 198 Å². The normalized spacial score (nSPS) is 10.8. The Morgan fingerprint density at radius 2 is 1.66 bits per heavy atom. The van der Waals surface area contributed by atoms with Gasteiger partial charge < -0.3 is 15.0 Å². The number of amides is 1. The van der Waals surface area contributed by atoms with Gasteiger partial charge in [-0.1, -0.05) is 12.1 Å². The van der Waals surface area contributed by atoms with E-state index >= 15 is 0 Å². The number of methoxy groups -OCH3 is 1. The summed E-state index contributed by atoms with van der Waals surface area (Å²) in [5.41, 5.74) is 0.939. The van der Waals surface area contributed by atoms with Crippen LogP contribution >= 0.6 is 0 Å². The standard InChI is InChI=1S/C25H22N4O6/c1-28-20-8-7-18(22(31)27-13-16-9-10-26-21(30)11-16)12-19(20)23(32)29(25(28)34)14-15-3-5-17(6-4-15)24(33)35-2/h3-12H,13-14H2,1-2H3,(H,26,30)(H,27,31). The van der Waals surface area contributed by atoms with Crippen molar-refractivity contribution in [3.63, 3.8) is 0 Å². The van der Waals surface area contributed by atoms with Gasteiger partial charge in [-0.2, -0.15) is 0 Å². The van der Waals surface area contributed by atoms with Crippen molar-refractivity contribution in [1.82, 2.24) is 19.4 Å². The average Bonchev–Trinajstić information content (AvgIpc) is 2.88. The van der Waals surface area contributed by atoms with E-state index in [1.807, 2.05) is 0 Å². The maximum absolute atomic E-state index is 13.2. The van der Waals surface area contributed by atoms with Crippen molar-refractivity contribution in [2.75, 3.05) is 7.11 Å². The smallest absolute Gasteiger partial charge is 0.337 e. The van der Waals surface area contributed by atoms with Gasteiger partial charge in [0.25, 0.3) is 11.5 Å². The molecule has 0 unspecified atom stereocenters. The highest BCUT2D eigenvalue weighted by Crippen LogP contribution is 2.12. The maximum Gasteiger partial charge on any atom is 0.337 e. The third-order valence-corrected chi connectivity index (χ3v) is 5.62. The van der Waals surface area contributed by atoms with Crippen molar-refractivity contribution in [2.45, 2.75) is 13.1 Å². The van der Waals surface area contributed by atoms with Crippen molar-refractivity contribution in [3.05, 3.63) is 114 Å². The van der Waals surface area contributed by atoms with Crippen molar-refractivity contribution < 1.29 is 14.3 Å². The highest BCUT2D eigenvalue weighted by atomic mass is 16.5. The minimum absolute atomic E-state index is 0.0120. The number of hydrogen-bond donors (Lipinski definition) is 2. The number of ether oxygens (including phenoxy) is 1. The van der Waals surface area contributed by atoms with Gasteiger partial charge >= 0.3 is 11.7 Å². The van der Waals surface area contributed by atoms with Gasteiger partial charge in [0.2, 0.25) is 5.56 Å². The van der Waals surface area contributed by atoms with Gasteiger partial charge in [0.05, 0.1) is 30.1 Å². The minimum Gasteiger partial charge on any atom is -0.465 e. The van der Waals surface area contributed by atoms with Gasteiger partial charge in [-0.3, -0.25) is 23.5 Å². The molecule has 10 heteroatoms. The molecule has 4 aromatic rings. The summed E-state index contributed by atoms with van der Waals surface area (Å²) in [6, 6.07) is 14.0. The Morgan fingerprint density at radius 3 is 2.34 bits per heavy atom. The second kappa shape index (κ2) is 9.64. The van der Waals surface area contributed by atoms with Gasteiger partial charge in [0.1, 0.15) is 0 Å². The number of aryl methyl sites for hydroxylation is 1. The Bertz CT molecular complexity index is 1610. The molecule has 10 nitrogen and oxygen atoms in total. The zero-order valence-electron chi connectivity index (χ0n) is 19.0. The predicted molar refractivity (Wildman–Crippen MR) is 129 cm³/mol. The van der Waals surface area contributed by atoms with E-state index in [2.05, 4.69) is 15.0 Å².